The molecule has 3 aliphatic rings. The Labute approximate surface area is 153 Å². The van der Waals surface area contributed by atoms with Gasteiger partial charge in [-0.3, -0.25) is 15.0 Å². The van der Waals surface area contributed by atoms with E-state index in [0.29, 0.717) is 16.7 Å². The van der Waals surface area contributed by atoms with Crippen LogP contribution in [0.25, 0.3) is 0 Å². The Morgan fingerprint density at radius 1 is 1.20 bits per heavy atom. The molecule has 5 nitrogen and oxygen atoms in total. The van der Waals surface area contributed by atoms with Crippen LogP contribution in [0.2, 0.25) is 0 Å². The van der Waals surface area contributed by atoms with E-state index in [1.807, 2.05) is 36.0 Å². The van der Waals surface area contributed by atoms with Gasteiger partial charge < -0.3 is 4.98 Å². The number of nitrogens with two attached hydrogens (primary N) is 1. The van der Waals surface area contributed by atoms with Gasteiger partial charge in [0, 0.05) is 21.6 Å². The van der Waals surface area contributed by atoms with Crippen LogP contribution >= 0.6 is 23.1 Å². The second-order valence-electron chi connectivity index (χ2n) is 7.27. The van der Waals surface area contributed by atoms with E-state index in [1.54, 1.807) is 0 Å². The quantitative estimate of drug-likeness (QED) is 0.429. The molecule has 1 aliphatic heterocycles. The number of thioether (sulfide) groups is 1. The number of nitrogen functional groups attached to an aromatic ring is 1. The van der Waals surface area contributed by atoms with Crippen LogP contribution in [0.4, 0.5) is 0 Å². The number of carbonyl (C=O) groups excluding carboxylic acids is 1. The zero-order valence-corrected chi connectivity index (χ0v) is 15.2. The molecular formula is C18H19N3O2S2. The number of benzene rings is 1. The fourth-order valence-electron chi connectivity index (χ4n) is 5.15. The lowest BCUT2D eigenvalue weighted by molar-refractivity contribution is 0.0953. The van der Waals surface area contributed by atoms with E-state index in [4.69, 9.17) is 5.84 Å². The smallest absolute Gasteiger partial charge is 0.305 e. The molecule has 1 aromatic heterocycles. The van der Waals surface area contributed by atoms with Crippen LogP contribution in [-0.2, 0) is 0 Å². The van der Waals surface area contributed by atoms with Crippen molar-refractivity contribution in [2.45, 2.75) is 35.5 Å². The number of aromatic nitrogens is 1. The topological polar surface area (TPSA) is 88.0 Å². The van der Waals surface area contributed by atoms with Gasteiger partial charge in [-0.1, -0.05) is 23.5 Å². The summed E-state index contributed by atoms with van der Waals surface area (Å²) in [6.07, 6.45) is 3.96. The lowest BCUT2D eigenvalue weighted by Gasteiger charge is -2.40. The van der Waals surface area contributed by atoms with Crippen molar-refractivity contribution in [1.29, 1.82) is 0 Å². The number of amides is 1. The first kappa shape index (κ1) is 15.7. The summed E-state index contributed by atoms with van der Waals surface area (Å²) in [5.41, 5.74) is 3.93. The molecule has 7 heteroatoms. The molecule has 130 valence electrons. The van der Waals surface area contributed by atoms with Crippen LogP contribution < -0.4 is 16.1 Å². The minimum absolute atomic E-state index is 0.0361. The molecule has 5 rings (SSSR count). The Kier molecular flexibility index (Phi) is 3.59. The van der Waals surface area contributed by atoms with Gasteiger partial charge in [0.25, 0.3) is 5.91 Å². The summed E-state index contributed by atoms with van der Waals surface area (Å²) in [5, 5.41) is 1.67. The minimum Gasteiger partial charge on any atom is -0.307 e. The van der Waals surface area contributed by atoms with E-state index in [9.17, 15) is 9.59 Å². The molecule has 0 radical (unpaired) electrons. The highest BCUT2D eigenvalue weighted by atomic mass is 32.2. The molecule has 0 unspecified atom stereocenters. The van der Waals surface area contributed by atoms with E-state index in [2.05, 4.69) is 10.4 Å². The molecule has 4 N–H and O–H groups in total. The third-order valence-electron chi connectivity index (χ3n) is 6.13. The first-order valence-corrected chi connectivity index (χ1v) is 10.4. The molecule has 1 amide bonds. The number of aromatic amines is 1. The number of hydrazine groups is 1. The van der Waals surface area contributed by atoms with Gasteiger partial charge in [-0.25, -0.2) is 5.84 Å². The van der Waals surface area contributed by atoms with E-state index >= 15 is 0 Å². The molecular weight excluding hydrogens is 354 g/mol. The fourth-order valence-corrected chi connectivity index (χ4v) is 8.04. The van der Waals surface area contributed by atoms with Crippen molar-refractivity contribution < 1.29 is 4.79 Å². The molecule has 2 aliphatic carbocycles. The van der Waals surface area contributed by atoms with E-state index in [1.165, 1.54) is 41.0 Å². The van der Waals surface area contributed by atoms with Gasteiger partial charge in [-0.05, 0) is 54.7 Å². The molecule has 0 saturated heterocycles. The van der Waals surface area contributed by atoms with Crippen LogP contribution in [0, 0.1) is 17.8 Å². The number of H-pyrrole nitrogens is 1. The van der Waals surface area contributed by atoms with E-state index in [0.717, 1.165) is 16.9 Å². The number of carbonyl (C=O) groups is 1. The number of hydrogen-bond donors (Lipinski definition) is 3. The van der Waals surface area contributed by atoms with Crippen molar-refractivity contribution >= 4 is 29.0 Å². The number of thiazole rings is 1. The predicted octanol–water partition coefficient (Wildman–Crippen LogP) is 2.69. The summed E-state index contributed by atoms with van der Waals surface area (Å²) in [7, 11) is 0. The molecule has 5 atom stereocenters. The first-order valence-electron chi connectivity index (χ1n) is 8.66. The number of fused-ring (bicyclic) bond motifs is 6. The van der Waals surface area contributed by atoms with Crippen molar-refractivity contribution in [3.8, 4) is 0 Å². The minimum atomic E-state index is -0.282. The SMILES string of the molecule is NNC(=O)c1ccc([C@@H]2c3sc(=O)[nH]c3S[C@@H]3[C@@H]4CC[C@H](C4)[C@H]23)cc1. The normalized spacial score (nSPS) is 32.3. The molecule has 25 heavy (non-hydrogen) atoms. The standard InChI is InChI=1S/C18H19N3O2S2/c19-21-16(22)9-3-1-8(2-4-9)12-13-10-5-6-11(7-10)14(13)24-17-15(12)25-18(23)20-17/h1-4,10-14H,5-7,19H2,(H,20,23)(H,21,22)/t10-,11-,12+,13-,14-/m1/s1. The van der Waals surface area contributed by atoms with Gasteiger partial charge in [-0.15, -0.1) is 11.8 Å². The highest BCUT2D eigenvalue weighted by Gasteiger charge is 2.54. The Balaban J connectivity index is 1.60. The average Bonchev–Trinajstić information content (AvgIpc) is 3.33. The summed E-state index contributed by atoms with van der Waals surface area (Å²) in [6.45, 7) is 0. The van der Waals surface area contributed by atoms with Crippen LogP contribution in [0.3, 0.4) is 0 Å². The Morgan fingerprint density at radius 2 is 1.96 bits per heavy atom. The maximum Gasteiger partial charge on any atom is 0.305 e. The molecule has 2 fully saturated rings. The Hall–Kier alpha value is -1.57. The van der Waals surface area contributed by atoms with Crippen molar-refractivity contribution in [3.63, 3.8) is 0 Å². The average molecular weight is 374 g/mol. The molecule has 2 aromatic rings. The molecule has 2 saturated carbocycles. The van der Waals surface area contributed by atoms with Gasteiger partial charge in [0.15, 0.2) is 0 Å². The maximum atomic E-state index is 12.0. The van der Waals surface area contributed by atoms with Gasteiger partial charge in [-0.2, -0.15) is 0 Å². The van der Waals surface area contributed by atoms with E-state index < -0.39 is 0 Å². The molecule has 1 aromatic carbocycles. The van der Waals surface area contributed by atoms with Crippen molar-refractivity contribution in [2.75, 3.05) is 0 Å². The highest BCUT2D eigenvalue weighted by Crippen LogP contribution is 2.63. The molecule has 2 bridgehead atoms. The van der Waals surface area contributed by atoms with Crippen LogP contribution in [-0.4, -0.2) is 16.1 Å². The van der Waals surface area contributed by atoms with Gasteiger partial charge in [0.1, 0.15) is 0 Å². The highest BCUT2D eigenvalue weighted by molar-refractivity contribution is 8.00. The predicted molar refractivity (Wildman–Crippen MR) is 98.8 cm³/mol. The summed E-state index contributed by atoms with van der Waals surface area (Å²) >= 11 is 3.25. The zero-order chi connectivity index (χ0) is 17.1. The molecule has 2 heterocycles. The fraction of sp³-hybridized carbons (Fsp3) is 0.444. The second kappa shape index (κ2) is 5.72. The van der Waals surface area contributed by atoms with Crippen molar-refractivity contribution in [1.82, 2.24) is 10.4 Å². The lowest BCUT2D eigenvalue weighted by atomic mass is 9.75. The maximum absolute atomic E-state index is 12.0. The Bertz CT molecular complexity index is 888. The summed E-state index contributed by atoms with van der Waals surface area (Å²) < 4.78 is 0. The summed E-state index contributed by atoms with van der Waals surface area (Å²) in [4.78, 5) is 28.0. The summed E-state index contributed by atoms with van der Waals surface area (Å²) in [6, 6.07) is 7.72. The van der Waals surface area contributed by atoms with Crippen molar-refractivity contribution in [2.24, 2.45) is 23.6 Å². The van der Waals surface area contributed by atoms with Gasteiger partial charge >= 0.3 is 4.87 Å². The van der Waals surface area contributed by atoms with Crippen LogP contribution in [0.15, 0.2) is 34.1 Å². The monoisotopic (exact) mass is 373 g/mol. The number of hydrogen-bond acceptors (Lipinski definition) is 5. The van der Waals surface area contributed by atoms with Gasteiger partial charge in [0.2, 0.25) is 0 Å². The number of nitrogens with one attached hydrogen (secondary N) is 2. The van der Waals surface area contributed by atoms with Crippen molar-refractivity contribution in [3.05, 3.63) is 49.9 Å². The third kappa shape index (κ3) is 2.33. The van der Waals surface area contributed by atoms with Crippen LogP contribution in [0.1, 0.15) is 46.0 Å². The largest absolute Gasteiger partial charge is 0.307 e. The van der Waals surface area contributed by atoms with E-state index in [-0.39, 0.29) is 16.7 Å². The first-order chi connectivity index (χ1) is 12.2. The number of rotatable bonds is 2. The molecule has 0 spiro atoms. The zero-order valence-electron chi connectivity index (χ0n) is 13.5. The lowest BCUT2D eigenvalue weighted by Crippen LogP contribution is -2.33. The van der Waals surface area contributed by atoms with Gasteiger partial charge in [0.05, 0.1) is 5.03 Å². The summed E-state index contributed by atoms with van der Waals surface area (Å²) in [5.74, 6) is 7.33. The third-order valence-corrected chi connectivity index (χ3v) is 8.75. The second-order valence-corrected chi connectivity index (χ2v) is 9.48. The Morgan fingerprint density at radius 3 is 2.72 bits per heavy atom. The van der Waals surface area contributed by atoms with Crippen LogP contribution in [0.5, 0.6) is 0 Å².